The van der Waals surface area contributed by atoms with Gasteiger partial charge in [0.25, 0.3) is 0 Å². The second kappa shape index (κ2) is 5.47. The summed E-state index contributed by atoms with van der Waals surface area (Å²) in [5, 5.41) is 0.687. The molecule has 0 aliphatic carbocycles. The summed E-state index contributed by atoms with van der Waals surface area (Å²) < 4.78 is 2.65. The van der Waals surface area contributed by atoms with Crippen LogP contribution in [-0.2, 0) is 0 Å². The molecule has 0 bridgehead atoms. The monoisotopic (exact) mass is 304 g/mol. The SMILES string of the molecule is CC(N1S[CH]N(Cl)C1=O)N(C)c1ccc(Cl)cc1. The highest BCUT2D eigenvalue weighted by Crippen LogP contribution is 2.33. The van der Waals surface area contributed by atoms with E-state index in [1.54, 1.807) is 10.2 Å². The van der Waals surface area contributed by atoms with Crippen LogP contribution in [0.25, 0.3) is 0 Å². The number of benzene rings is 1. The Morgan fingerprint density at radius 2 is 1.94 bits per heavy atom. The van der Waals surface area contributed by atoms with Gasteiger partial charge in [0.2, 0.25) is 0 Å². The molecule has 1 aliphatic heterocycles. The molecule has 0 N–H and O–H groups in total. The van der Waals surface area contributed by atoms with Gasteiger partial charge in [-0.1, -0.05) is 11.6 Å². The minimum atomic E-state index is -0.241. The van der Waals surface area contributed by atoms with E-state index in [-0.39, 0.29) is 12.2 Å². The first-order valence-corrected chi connectivity index (χ1v) is 6.82. The molecule has 1 aliphatic rings. The quantitative estimate of drug-likeness (QED) is 0.628. The molecular weight excluding hydrogens is 293 g/mol. The highest BCUT2D eigenvalue weighted by atomic mass is 35.5. The summed E-state index contributed by atoms with van der Waals surface area (Å²) in [6.07, 6.45) is -0.122. The van der Waals surface area contributed by atoms with E-state index < -0.39 is 0 Å². The molecule has 1 aromatic carbocycles. The van der Waals surface area contributed by atoms with Crippen molar-refractivity contribution in [3.05, 3.63) is 35.2 Å². The average Bonchev–Trinajstić information content (AvgIpc) is 2.69. The zero-order valence-electron chi connectivity index (χ0n) is 9.88. The molecule has 1 aromatic rings. The molecule has 1 unspecified atom stereocenters. The highest BCUT2D eigenvalue weighted by molar-refractivity contribution is 7.99. The fourth-order valence-electron chi connectivity index (χ4n) is 1.57. The summed E-state index contributed by atoms with van der Waals surface area (Å²) in [6, 6.07) is 7.21. The van der Waals surface area contributed by atoms with Crippen molar-refractivity contribution in [1.82, 2.24) is 8.72 Å². The van der Waals surface area contributed by atoms with E-state index in [4.69, 9.17) is 23.4 Å². The molecule has 0 saturated carbocycles. The summed E-state index contributed by atoms with van der Waals surface area (Å²) in [7, 11) is 1.92. The molecule has 1 fully saturated rings. The number of hydrogen-bond donors (Lipinski definition) is 0. The minimum absolute atomic E-state index is 0.122. The van der Waals surface area contributed by atoms with Gasteiger partial charge in [-0.05, 0) is 43.1 Å². The molecule has 1 atom stereocenters. The Bertz CT molecular complexity index is 442. The number of nitrogens with zero attached hydrogens (tertiary/aromatic N) is 3. The van der Waals surface area contributed by atoms with Crippen LogP contribution in [0.15, 0.2) is 24.3 Å². The van der Waals surface area contributed by atoms with Crippen LogP contribution in [0.3, 0.4) is 0 Å². The van der Waals surface area contributed by atoms with Gasteiger partial charge in [0, 0.05) is 29.5 Å². The zero-order chi connectivity index (χ0) is 13.3. The Morgan fingerprint density at radius 3 is 2.44 bits per heavy atom. The largest absolute Gasteiger partial charge is 0.354 e. The van der Waals surface area contributed by atoms with Crippen molar-refractivity contribution in [2.24, 2.45) is 0 Å². The van der Waals surface area contributed by atoms with E-state index in [1.807, 2.05) is 43.1 Å². The van der Waals surface area contributed by atoms with Gasteiger partial charge in [0.15, 0.2) is 0 Å². The summed E-state index contributed by atoms with van der Waals surface area (Å²) in [5.74, 6) is 1.57. The Morgan fingerprint density at radius 1 is 1.33 bits per heavy atom. The lowest BCUT2D eigenvalue weighted by Gasteiger charge is -2.32. The molecule has 1 saturated heterocycles. The maximum Gasteiger partial charge on any atom is 0.347 e. The molecule has 2 rings (SSSR count). The maximum absolute atomic E-state index is 11.8. The van der Waals surface area contributed by atoms with Gasteiger partial charge in [-0.25, -0.2) is 13.5 Å². The predicted molar refractivity (Wildman–Crippen MR) is 76.1 cm³/mol. The lowest BCUT2D eigenvalue weighted by Crippen LogP contribution is -2.43. The van der Waals surface area contributed by atoms with Crippen LogP contribution in [-0.4, -0.2) is 28.0 Å². The Balaban J connectivity index is 2.11. The number of rotatable bonds is 3. The smallest absolute Gasteiger partial charge is 0.347 e. The van der Waals surface area contributed by atoms with Crippen molar-refractivity contribution < 1.29 is 4.79 Å². The van der Waals surface area contributed by atoms with Crippen LogP contribution >= 0.6 is 35.3 Å². The molecule has 0 aromatic heterocycles. The van der Waals surface area contributed by atoms with Crippen LogP contribution in [0, 0.1) is 5.88 Å². The molecule has 1 heterocycles. The number of carbonyl (C=O) groups is 1. The third kappa shape index (κ3) is 2.63. The van der Waals surface area contributed by atoms with Crippen LogP contribution < -0.4 is 4.90 Å². The Kier molecular flexibility index (Phi) is 4.14. The fourth-order valence-corrected chi connectivity index (χ4v) is 2.70. The Labute approximate surface area is 121 Å². The lowest BCUT2D eigenvalue weighted by atomic mass is 10.3. The summed E-state index contributed by atoms with van der Waals surface area (Å²) in [6.45, 7) is 1.93. The van der Waals surface area contributed by atoms with E-state index in [2.05, 4.69) is 0 Å². The fraction of sp³-hybridized carbons (Fsp3) is 0.273. The molecule has 97 valence electrons. The van der Waals surface area contributed by atoms with E-state index >= 15 is 0 Å². The van der Waals surface area contributed by atoms with Gasteiger partial charge in [-0.3, -0.25) is 0 Å². The van der Waals surface area contributed by atoms with E-state index in [9.17, 15) is 4.79 Å². The maximum atomic E-state index is 11.8. The first kappa shape index (κ1) is 13.6. The van der Waals surface area contributed by atoms with Crippen LogP contribution in [0.5, 0.6) is 0 Å². The summed E-state index contributed by atoms with van der Waals surface area (Å²) in [4.78, 5) is 13.7. The van der Waals surface area contributed by atoms with E-state index in [0.717, 1.165) is 10.1 Å². The van der Waals surface area contributed by atoms with E-state index in [0.29, 0.717) is 5.02 Å². The van der Waals surface area contributed by atoms with Crippen molar-refractivity contribution in [1.29, 1.82) is 0 Å². The molecule has 4 nitrogen and oxygen atoms in total. The molecule has 2 amide bonds. The Hall–Kier alpha value is -0.780. The van der Waals surface area contributed by atoms with Gasteiger partial charge in [-0.15, -0.1) is 0 Å². The first-order valence-electron chi connectivity index (χ1n) is 5.27. The van der Waals surface area contributed by atoms with Crippen molar-refractivity contribution in [3.63, 3.8) is 0 Å². The molecule has 0 spiro atoms. The number of anilines is 1. The normalized spacial score (nSPS) is 17.2. The molecule has 1 radical (unpaired) electrons. The second-order valence-corrected chi connectivity index (χ2v) is 5.47. The average molecular weight is 305 g/mol. The first-order chi connectivity index (χ1) is 8.50. The number of amides is 2. The number of halogens is 2. The van der Waals surface area contributed by atoms with Gasteiger partial charge in [-0.2, -0.15) is 0 Å². The minimum Gasteiger partial charge on any atom is -0.354 e. The summed E-state index contributed by atoms with van der Waals surface area (Å²) >= 11 is 12.8. The van der Waals surface area contributed by atoms with Crippen LogP contribution in [0.1, 0.15) is 6.92 Å². The second-order valence-electron chi connectivity index (χ2n) is 3.85. The van der Waals surface area contributed by atoms with Crippen molar-refractivity contribution in [2.45, 2.75) is 13.1 Å². The number of hydrogen-bond acceptors (Lipinski definition) is 3. The van der Waals surface area contributed by atoms with Crippen molar-refractivity contribution in [3.8, 4) is 0 Å². The third-order valence-corrected chi connectivity index (χ3v) is 4.36. The number of urea groups is 1. The number of carbonyl (C=O) groups excluding carboxylic acids is 1. The topological polar surface area (TPSA) is 26.8 Å². The zero-order valence-corrected chi connectivity index (χ0v) is 12.2. The van der Waals surface area contributed by atoms with Gasteiger partial charge >= 0.3 is 6.03 Å². The molecular formula is C11H12Cl2N3OS. The standard InChI is InChI=1S/C11H12Cl2N3OS/c1-8(16-11(17)15(13)7-18-16)14(2)10-5-3-9(12)4-6-10/h3-8H,1-2H3. The molecule has 18 heavy (non-hydrogen) atoms. The summed E-state index contributed by atoms with van der Waals surface area (Å²) in [5.41, 5.74) is 0.980. The van der Waals surface area contributed by atoms with Gasteiger partial charge < -0.3 is 4.90 Å². The lowest BCUT2D eigenvalue weighted by molar-refractivity contribution is 0.211. The van der Waals surface area contributed by atoms with Crippen LogP contribution in [0.4, 0.5) is 10.5 Å². The van der Waals surface area contributed by atoms with Crippen molar-refractivity contribution in [2.75, 3.05) is 11.9 Å². The van der Waals surface area contributed by atoms with Gasteiger partial charge in [0.05, 0.1) is 0 Å². The highest BCUT2D eigenvalue weighted by Gasteiger charge is 2.34. The third-order valence-electron chi connectivity index (χ3n) is 2.76. The van der Waals surface area contributed by atoms with E-state index in [1.165, 1.54) is 11.9 Å². The van der Waals surface area contributed by atoms with Gasteiger partial charge in [0.1, 0.15) is 12.0 Å². The molecule has 7 heteroatoms. The van der Waals surface area contributed by atoms with Crippen molar-refractivity contribution >= 4 is 47.0 Å². The predicted octanol–water partition coefficient (Wildman–Crippen LogP) is 3.78. The van der Waals surface area contributed by atoms with Crippen LogP contribution in [0.2, 0.25) is 5.02 Å².